The third-order valence-corrected chi connectivity index (χ3v) is 2.81. The van der Waals surface area contributed by atoms with Gasteiger partial charge in [-0.05, 0) is 20.3 Å². The van der Waals surface area contributed by atoms with Crippen LogP contribution in [0.3, 0.4) is 0 Å². The molecule has 1 aliphatic rings. The molecule has 0 saturated carbocycles. The molecule has 0 aromatic heterocycles. The van der Waals surface area contributed by atoms with E-state index in [1.807, 2.05) is 13.8 Å². The number of ether oxygens (including phenoxy) is 1. The van der Waals surface area contributed by atoms with Crippen LogP contribution in [0.4, 0.5) is 4.79 Å². The fraction of sp³-hybridized carbons (Fsp3) is 0.900. The number of amides is 1. The maximum absolute atomic E-state index is 11.3. The molecule has 1 rings (SSSR count). The van der Waals surface area contributed by atoms with E-state index in [-0.39, 0.29) is 17.6 Å². The third kappa shape index (κ3) is 2.14. The quantitative estimate of drug-likeness (QED) is 0.660. The molecule has 13 heavy (non-hydrogen) atoms. The topological polar surface area (TPSA) is 29.5 Å². The van der Waals surface area contributed by atoms with E-state index in [2.05, 4.69) is 13.8 Å². The second-order valence-electron chi connectivity index (χ2n) is 4.44. The van der Waals surface area contributed by atoms with Gasteiger partial charge in [0, 0.05) is 18.0 Å². The van der Waals surface area contributed by atoms with Crippen LogP contribution in [-0.4, -0.2) is 30.2 Å². The zero-order valence-electron chi connectivity index (χ0n) is 8.96. The summed E-state index contributed by atoms with van der Waals surface area (Å²) in [5, 5.41) is 0. The average Bonchev–Trinajstić information content (AvgIpc) is 2.09. The molecule has 1 atom stereocenters. The lowest BCUT2D eigenvalue weighted by atomic mass is 9.87. The van der Waals surface area contributed by atoms with Crippen LogP contribution in [0, 0.1) is 5.41 Å². The molecule has 0 radical (unpaired) electrons. The van der Waals surface area contributed by atoms with Crippen molar-refractivity contribution in [3.8, 4) is 0 Å². The van der Waals surface area contributed by atoms with E-state index >= 15 is 0 Å². The average molecular weight is 185 g/mol. The molecule has 1 amide bonds. The van der Waals surface area contributed by atoms with Crippen LogP contribution in [0.2, 0.25) is 0 Å². The van der Waals surface area contributed by atoms with Crippen LogP contribution in [0.5, 0.6) is 0 Å². The predicted molar refractivity (Wildman–Crippen MR) is 51.6 cm³/mol. The Labute approximate surface area is 80.1 Å². The minimum Gasteiger partial charge on any atom is -0.449 e. The number of carbonyl (C=O) groups is 1. The Hall–Kier alpha value is -0.730. The van der Waals surface area contributed by atoms with Gasteiger partial charge in [-0.2, -0.15) is 0 Å². The van der Waals surface area contributed by atoms with Crippen molar-refractivity contribution >= 4 is 6.09 Å². The van der Waals surface area contributed by atoms with Crippen molar-refractivity contribution in [2.24, 2.45) is 5.41 Å². The van der Waals surface area contributed by atoms with Crippen molar-refractivity contribution in [1.29, 1.82) is 0 Å². The molecule has 3 nitrogen and oxygen atoms in total. The standard InChI is InChI=1S/C10H19NO2/c1-5-10(4)6-11(8(2)3)9(12)13-7-10/h8H,5-7H2,1-4H3. The second-order valence-corrected chi connectivity index (χ2v) is 4.44. The third-order valence-electron chi connectivity index (χ3n) is 2.81. The van der Waals surface area contributed by atoms with Crippen LogP contribution in [0.1, 0.15) is 34.1 Å². The number of hydrogen-bond donors (Lipinski definition) is 0. The van der Waals surface area contributed by atoms with Gasteiger partial charge in [0.15, 0.2) is 0 Å². The zero-order chi connectivity index (χ0) is 10.1. The summed E-state index contributed by atoms with van der Waals surface area (Å²) in [4.78, 5) is 13.1. The highest BCUT2D eigenvalue weighted by atomic mass is 16.6. The molecular formula is C10H19NO2. The zero-order valence-corrected chi connectivity index (χ0v) is 8.96. The highest BCUT2D eigenvalue weighted by Crippen LogP contribution is 2.28. The second kappa shape index (κ2) is 3.56. The maximum atomic E-state index is 11.3. The van der Waals surface area contributed by atoms with Gasteiger partial charge in [0.05, 0.1) is 0 Å². The van der Waals surface area contributed by atoms with Crippen molar-refractivity contribution in [3.05, 3.63) is 0 Å². The molecule has 0 spiro atoms. The molecule has 0 N–H and O–H groups in total. The van der Waals surface area contributed by atoms with Crippen LogP contribution >= 0.6 is 0 Å². The highest BCUT2D eigenvalue weighted by Gasteiger charge is 2.36. The van der Waals surface area contributed by atoms with E-state index < -0.39 is 0 Å². The summed E-state index contributed by atoms with van der Waals surface area (Å²) in [6.45, 7) is 9.71. The minimum atomic E-state index is -0.166. The molecule has 1 unspecified atom stereocenters. The largest absolute Gasteiger partial charge is 0.449 e. The SMILES string of the molecule is CCC1(C)COC(=O)N(C(C)C)C1. The minimum absolute atomic E-state index is 0.137. The first kappa shape index (κ1) is 10.4. The summed E-state index contributed by atoms with van der Waals surface area (Å²) < 4.78 is 5.15. The van der Waals surface area contributed by atoms with Gasteiger partial charge in [0.2, 0.25) is 0 Å². The number of cyclic esters (lactones) is 1. The van der Waals surface area contributed by atoms with E-state index in [1.54, 1.807) is 4.90 Å². The van der Waals surface area contributed by atoms with E-state index in [0.29, 0.717) is 6.61 Å². The summed E-state index contributed by atoms with van der Waals surface area (Å²) >= 11 is 0. The van der Waals surface area contributed by atoms with Crippen molar-refractivity contribution in [2.75, 3.05) is 13.2 Å². The molecule has 0 aromatic rings. The van der Waals surface area contributed by atoms with Gasteiger partial charge in [-0.3, -0.25) is 0 Å². The Morgan fingerprint density at radius 3 is 2.69 bits per heavy atom. The van der Waals surface area contributed by atoms with Crippen LogP contribution in [-0.2, 0) is 4.74 Å². The van der Waals surface area contributed by atoms with Gasteiger partial charge in [-0.25, -0.2) is 4.79 Å². The van der Waals surface area contributed by atoms with Crippen LogP contribution in [0.25, 0.3) is 0 Å². The number of carbonyl (C=O) groups excluding carboxylic acids is 1. The molecule has 1 aliphatic heterocycles. The Morgan fingerprint density at radius 1 is 1.62 bits per heavy atom. The van der Waals surface area contributed by atoms with Gasteiger partial charge in [0.1, 0.15) is 6.61 Å². The number of nitrogens with zero attached hydrogens (tertiary/aromatic N) is 1. The summed E-state index contributed by atoms with van der Waals surface area (Å²) in [6.07, 6.45) is 0.879. The lowest BCUT2D eigenvalue weighted by Gasteiger charge is -2.40. The Morgan fingerprint density at radius 2 is 2.23 bits per heavy atom. The molecule has 1 saturated heterocycles. The number of hydrogen-bond acceptors (Lipinski definition) is 2. The van der Waals surface area contributed by atoms with E-state index in [9.17, 15) is 4.79 Å². The smallest absolute Gasteiger partial charge is 0.410 e. The first-order valence-corrected chi connectivity index (χ1v) is 4.92. The first-order chi connectivity index (χ1) is 5.98. The lowest BCUT2D eigenvalue weighted by molar-refractivity contribution is -0.0102. The molecule has 0 aromatic carbocycles. The highest BCUT2D eigenvalue weighted by molar-refractivity contribution is 5.68. The molecule has 3 heteroatoms. The van der Waals surface area contributed by atoms with Gasteiger partial charge < -0.3 is 9.64 Å². The Bertz CT molecular complexity index is 203. The molecular weight excluding hydrogens is 166 g/mol. The molecule has 76 valence electrons. The molecule has 0 bridgehead atoms. The van der Waals surface area contributed by atoms with Crippen molar-refractivity contribution in [1.82, 2.24) is 4.90 Å². The van der Waals surface area contributed by atoms with E-state index in [0.717, 1.165) is 13.0 Å². The van der Waals surface area contributed by atoms with Gasteiger partial charge >= 0.3 is 6.09 Å². The van der Waals surface area contributed by atoms with Gasteiger partial charge in [-0.15, -0.1) is 0 Å². The van der Waals surface area contributed by atoms with Crippen molar-refractivity contribution in [3.63, 3.8) is 0 Å². The molecule has 0 aliphatic carbocycles. The monoisotopic (exact) mass is 185 g/mol. The fourth-order valence-corrected chi connectivity index (χ4v) is 1.45. The predicted octanol–water partition coefficient (Wildman–Crippen LogP) is 2.26. The lowest BCUT2D eigenvalue weighted by Crippen LogP contribution is -2.51. The molecule has 1 heterocycles. The van der Waals surface area contributed by atoms with Gasteiger partial charge in [-0.1, -0.05) is 13.8 Å². The number of rotatable bonds is 2. The van der Waals surface area contributed by atoms with E-state index in [1.165, 1.54) is 0 Å². The van der Waals surface area contributed by atoms with Crippen LogP contribution in [0.15, 0.2) is 0 Å². The fourth-order valence-electron chi connectivity index (χ4n) is 1.45. The van der Waals surface area contributed by atoms with E-state index in [4.69, 9.17) is 4.74 Å². The summed E-state index contributed by atoms with van der Waals surface area (Å²) in [6, 6.07) is 0.235. The Balaban J connectivity index is 2.68. The maximum Gasteiger partial charge on any atom is 0.410 e. The van der Waals surface area contributed by atoms with Crippen LogP contribution < -0.4 is 0 Å². The summed E-state index contributed by atoms with van der Waals surface area (Å²) in [7, 11) is 0. The normalized spacial score (nSPS) is 29.3. The first-order valence-electron chi connectivity index (χ1n) is 4.92. The van der Waals surface area contributed by atoms with Crippen molar-refractivity contribution < 1.29 is 9.53 Å². The summed E-state index contributed by atoms with van der Waals surface area (Å²) in [5.74, 6) is 0. The van der Waals surface area contributed by atoms with Crippen molar-refractivity contribution in [2.45, 2.75) is 40.2 Å². The molecule has 1 fully saturated rings. The summed E-state index contributed by atoms with van der Waals surface area (Å²) in [5.41, 5.74) is 0.137. The Kier molecular flexibility index (Phi) is 2.84. The van der Waals surface area contributed by atoms with Gasteiger partial charge in [0.25, 0.3) is 0 Å².